The molecule has 2 saturated heterocycles. The fourth-order valence-corrected chi connectivity index (χ4v) is 3.01. The van der Waals surface area contributed by atoms with E-state index in [-0.39, 0.29) is 5.41 Å². The first-order valence-corrected chi connectivity index (χ1v) is 5.71. The number of nitrogens with one attached hydrogen (secondary N) is 2. The monoisotopic (exact) mass is 203 g/mol. The van der Waals surface area contributed by atoms with E-state index in [0.29, 0.717) is 0 Å². The van der Waals surface area contributed by atoms with Crippen molar-refractivity contribution >= 4 is 0 Å². The zero-order valence-electron chi connectivity index (χ0n) is 8.87. The third-order valence-corrected chi connectivity index (χ3v) is 3.75. The number of pyridine rings is 1. The fraction of sp³-hybridized carbons (Fsp3) is 0.583. The molecule has 15 heavy (non-hydrogen) atoms. The lowest BCUT2D eigenvalue weighted by Crippen LogP contribution is -2.58. The largest absolute Gasteiger partial charge is 0.315 e. The van der Waals surface area contributed by atoms with Gasteiger partial charge in [0, 0.05) is 30.9 Å². The van der Waals surface area contributed by atoms with Gasteiger partial charge in [-0.05, 0) is 37.1 Å². The molecule has 0 spiro atoms. The van der Waals surface area contributed by atoms with Crippen molar-refractivity contribution in [3.8, 4) is 0 Å². The van der Waals surface area contributed by atoms with Gasteiger partial charge < -0.3 is 10.6 Å². The normalized spacial score (nSPS) is 35.1. The number of nitrogens with zero attached hydrogens (tertiary/aromatic N) is 1. The molecule has 3 nitrogen and oxygen atoms in total. The summed E-state index contributed by atoms with van der Waals surface area (Å²) in [7, 11) is 0. The highest BCUT2D eigenvalue weighted by Gasteiger charge is 2.40. The van der Waals surface area contributed by atoms with Crippen molar-refractivity contribution in [2.24, 2.45) is 5.92 Å². The number of hydrogen-bond acceptors (Lipinski definition) is 3. The Balaban J connectivity index is 1.95. The molecule has 2 N–H and O–H groups in total. The molecule has 0 radical (unpaired) electrons. The minimum absolute atomic E-state index is 0.287. The molecule has 2 aliphatic rings. The SMILES string of the molecule is c1cncc(C23CNCC(CNC2)C3)c1. The van der Waals surface area contributed by atoms with Crippen LogP contribution >= 0.6 is 0 Å². The zero-order chi connectivity index (χ0) is 10.1. The van der Waals surface area contributed by atoms with Crippen LogP contribution in [0, 0.1) is 5.92 Å². The van der Waals surface area contributed by atoms with Crippen molar-refractivity contribution in [3.05, 3.63) is 30.1 Å². The van der Waals surface area contributed by atoms with Crippen LogP contribution in [-0.2, 0) is 5.41 Å². The molecule has 2 bridgehead atoms. The molecule has 0 amide bonds. The maximum Gasteiger partial charge on any atom is 0.0306 e. The second kappa shape index (κ2) is 3.58. The topological polar surface area (TPSA) is 37.0 Å². The van der Waals surface area contributed by atoms with Gasteiger partial charge in [-0.2, -0.15) is 0 Å². The fourth-order valence-electron chi connectivity index (χ4n) is 3.01. The van der Waals surface area contributed by atoms with Gasteiger partial charge in [0.2, 0.25) is 0 Å². The third-order valence-electron chi connectivity index (χ3n) is 3.75. The number of piperidine rings is 2. The average molecular weight is 203 g/mol. The van der Waals surface area contributed by atoms with Crippen molar-refractivity contribution in [2.45, 2.75) is 11.8 Å². The van der Waals surface area contributed by atoms with E-state index in [1.165, 1.54) is 12.0 Å². The van der Waals surface area contributed by atoms with Crippen LogP contribution in [0.1, 0.15) is 12.0 Å². The number of hydrogen-bond donors (Lipinski definition) is 2. The van der Waals surface area contributed by atoms with Crippen molar-refractivity contribution in [1.82, 2.24) is 15.6 Å². The summed E-state index contributed by atoms with van der Waals surface area (Å²) < 4.78 is 0. The molecule has 0 aliphatic carbocycles. The molecule has 3 rings (SSSR count). The van der Waals surface area contributed by atoms with Gasteiger partial charge in [0.25, 0.3) is 0 Å². The Morgan fingerprint density at radius 2 is 2.07 bits per heavy atom. The molecule has 1 aromatic rings. The molecule has 0 aromatic carbocycles. The number of rotatable bonds is 1. The summed E-state index contributed by atoms with van der Waals surface area (Å²) in [4.78, 5) is 4.25. The van der Waals surface area contributed by atoms with E-state index in [1.807, 2.05) is 18.5 Å². The Bertz CT molecular complexity index is 326. The first kappa shape index (κ1) is 9.31. The molecule has 0 atom stereocenters. The summed E-state index contributed by atoms with van der Waals surface area (Å²) in [5, 5.41) is 7.12. The van der Waals surface area contributed by atoms with Crippen LogP contribution in [0.5, 0.6) is 0 Å². The average Bonchev–Trinajstić information content (AvgIpc) is 2.30. The first-order chi connectivity index (χ1) is 7.39. The molecule has 0 unspecified atom stereocenters. The molecule has 2 aliphatic heterocycles. The van der Waals surface area contributed by atoms with E-state index in [2.05, 4.69) is 21.7 Å². The third kappa shape index (κ3) is 1.56. The van der Waals surface area contributed by atoms with E-state index in [0.717, 1.165) is 32.1 Å². The van der Waals surface area contributed by atoms with Gasteiger partial charge in [-0.3, -0.25) is 4.98 Å². The lowest BCUT2D eigenvalue weighted by Gasteiger charge is -2.46. The van der Waals surface area contributed by atoms with Crippen molar-refractivity contribution in [1.29, 1.82) is 0 Å². The van der Waals surface area contributed by atoms with Crippen LogP contribution < -0.4 is 10.6 Å². The van der Waals surface area contributed by atoms with E-state index < -0.39 is 0 Å². The molecule has 1 aromatic heterocycles. The van der Waals surface area contributed by atoms with E-state index >= 15 is 0 Å². The van der Waals surface area contributed by atoms with Crippen LogP contribution in [0.2, 0.25) is 0 Å². The van der Waals surface area contributed by atoms with Crippen molar-refractivity contribution in [2.75, 3.05) is 26.2 Å². The number of aromatic nitrogens is 1. The van der Waals surface area contributed by atoms with Crippen LogP contribution in [-0.4, -0.2) is 31.2 Å². The Labute approximate surface area is 90.3 Å². The highest BCUT2D eigenvalue weighted by Crippen LogP contribution is 2.34. The Hall–Kier alpha value is -0.930. The van der Waals surface area contributed by atoms with Gasteiger partial charge in [-0.15, -0.1) is 0 Å². The summed E-state index contributed by atoms with van der Waals surface area (Å²) in [6, 6.07) is 4.26. The molecular formula is C12H17N3. The van der Waals surface area contributed by atoms with Crippen LogP contribution in [0.3, 0.4) is 0 Å². The first-order valence-electron chi connectivity index (χ1n) is 5.71. The maximum absolute atomic E-state index is 4.25. The minimum Gasteiger partial charge on any atom is -0.315 e. The van der Waals surface area contributed by atoms with Crippen LogP contribution in [0.15, 0.2) is 24.5 Å². The van der Waals surface area contributed by atoms with Crippen LogP contribution in [0.25, 0.3) is 0 Å². The number of fused-ring (bicyclic) bond motifs is 2. The van der Waals surface area contributed by atoms with E-state index in [9.17, 15) is 0 Å². The summed E-state index contributed by atoms with van der Waals surface area (Å²) >= 11 is 0. The Morgan fingerprint density at radius 1 is 1.27 bits per heavy atom. The van der Waals surface area contributed by atoms with Gasteiger partial charge in [0.1, 0.15) is 0 Å². The highest BCUT2D eigenvalue weighted by molar-refractivity contribution is 5.25. The lowest BCUT2D eigenvalue weighted by molar-refractivity contribution is 0.184. The lowest BCUT2D eigenvalue weighted by atomic mass is 9.69. The summed E-state index contributed by atoms with van der Waals surface area (Å²) in [6.07, 6.45) is 5.18. The second-order valence-electron chi connectivity index (χ2n) is 4.85. The van der Waals surface area contributed by atoms with Gasteiger partial charge in [0.15, 0.2) is 0 Å². The van der Waals surface area contributed by atoms with Gasteiger partial charge >= 0.3 is 0 Å². The van der Waals surface area contributed by atoms with E-state index in [4.69, 9.17) is 0 Å². The van der Waals surface area contributed by atoms with Crippen molar-refractivity contribution in [3.63, 3.8) is 0 Å². The predicted octanol–water partition coefficient (Wildman–Crippen LogP) is 0.532. The molecule has 3 heterocycles. The molecule has 2 fully saturated rings. The van der Waals surface area contributed by atoms with Gasteiger partial charge in [0.05, 0.1) is 0 Å². The summed E-state index contributed by atoms with van der Waals surface area (Å²) in [6.45, 7) is 4.49. The molecule has 80 valence electrons. The second-order valence-corrected chi connectivity index (χ2v) is 4.85. The van der Waals surface area contributed by atoms with E-state index in [1.54, 1.807) is 0 Å². The smallest absolute Gasteiger partial charge is 0.0306 e. The standard InChI is InChI=1S/C12H17N3/c1-2-11(7-13-3-1)12-4-10(5-14-8-12)6-15-9-12/h1-3,7,10,14-15H,4-6,8-9H2. The summed E-state index contributed by atoms with van der Waals surface area (Å²) in [5.74, 6) is 0.785. The minimum atomic E-state index is 0.287. The molecular weight excluding hydrogens is 186 g/mol. The quantitative estimate of drug-likeness (QED) is 0.699. The van der Waals surface area contributed by atoms with Crippen LogP contribution in [0.4, 0.5) is 0 Å². The Morgan fingerprint density at radius 3 is 2.73 bits per heavy atom. The van der Waals surface area contributed by atoms with Gasteiger partial charge in [-0.25, -0.2) is 0 Å². The Kier molecular flexibility index (Phi) is 2.22. The predicted molar refractivity (Wildman–Crippen MR) is 59.8 cm³/mol. The molecule has 3 heteroatoms. The van der Waals surface area contributed by atoms with Gasteiger partial charge in [-0.1, -0.05) is 6.07 Å². The molecule has 0 saturated carbocycles. The maximum atomic E-state index is 4.25. The zero-order valence-corrected chi connectivity index (χ0v) is 8.87. The highest BCUT2D eigenvalue weighted by atomic mass is 15.0. The van der Waals surface area contributed by atoms with Crippen molar-refractivity contribution < 1.29 is 0 Å². The summed E-state index contributed by atoms with van der Waals surface area (Å²) in [5.41, 5.74) is 1.67.